The van der Waals surface area contributed by atoms with Gasteiger partial charge in [-0.1, -0.05) is 31.9 Å². The SMILES string of the molecule is CCc1cccc(C(=O)NC2CCCC2)c1. The molecule has 1 aliphatic carbocycles. The molecule has 0 heterocycles. The van der Waals surface area contributed by atoms with Gasteiger partial charge in [-0.3, -0.25) is 4.79 Å². The van der Waals surface area contributed by atoms with Gasteiger partial charge in [0.2, 0.25) is 0 Å². The number of benzene rings is 1. The van der Waals surface area contributed by atoms with Gasteiger partial charge in [0.25, 0.3) is 5.91 Å². The van der Waals surface area contributed by atoms with Crippen LogP contribution < -0.4 is 5.32 Å². The third kappa shape index (κ3) is 2.63. The van der Waals surface area contributed by atoms with Gasteiger partial charge >= 0.3 is 0 Å². The van der Waals surface area contributed by atoms with Crippen LogP contribution in [0.5, 0.6) is 0 Å². The lowest BCUT2D eigenvalue weighted by Crippen LogP contribution is -2.32. The number of hydrogen-bond acceptors (Lipinski definition) is 1. The Labute approximate surface area is 97.1 Å². The molecular formula is C14H19NO. The first-order valence-electron chi connectivity index (χ1n) is 6.19. The summed E-state index contributed by atoms with van der Waals surface area (Å²) in [6.07, 6.45) is 5.75. The number of hydrogen-bond donors (Lipinski definition) is 1. The number of amides is 1. The summed E-state index contributed by atoms with van der Waals surface area (Å²) < 4.78 is 0. The highest BCUT2D eigenvalue weighted by atomic mass is 16.1. The zero-order valence-electron chi connectivity index (χ0n) is 9.83. The van der Waals surface area contributed by atoms with Crippen LogP contribution in [0.15, 0.2) is 24.3 Å². The van der Waals surface area contributed by atoms with Gasteiger partial charge in [-0.25, -0.2) is 0 Å². The van der Waals surface area contributed by atoms with Crippen LogP contribution in [0.2, 0.25) is 0 Å². The lowest BCUT2D eigenvalue weighted by Gasteiger charge is -2.12. The van der Waals surface area contributed by atoms with E-state index in [2.05, 4.69) is 18.3 Å². The highest BCUT2D eigenvalue weighted by molar-refractivity contribution is 5.94. The first-order valence-corrected chi connectivity index (χ1v) is 6.19. The van der Waals surface area contributed by atoms with Crippen LogP contribution in [0.4, 0.5) is 0 Å². The van der Waals surface area contributed by atoms with Crippen LogP contribution in [0, 0.1) is 0 Å². The van der Waals surface area contributed by atoms with Gasteiger partial charge in [-0.15, -0.1) is 0 Å². The minimum atomic E-state index is 0.0854. The maximum atomic E-state index is 12.0. The van der Waals surface area contributed by atoms with Crippen molar-refractivity contribution < 1.29 is 4.79 Å². The lowest BCUT2D eigenvalue weighted by atomic mass is 10.1. The summed E-state index contributed by atoms with van der Waals surface area (Å²) >= 11 is 0. The van der Waals surface area contributed by atoms with Crippen molar-refractivity contribution >= 4 is 5.91 Å². The third-order valence-electron chi connectivity index (χ3n) is 3.29. The van der Waals surface area contributed by atoms with Crippen molar-refractivity contribution in [2.75, 3.05) is 0 Å². The second kappa shape index (κ2) is 5.15. The predicted molar refractivity (Wildman–Crippen MR) is 65.5 cm³/mol. The molecule has 1 saturated carbocycles. The fourth-order valence-electron chi connectivity index (χ4n) is 2.27. The molecular weight excluding hydrogens is 198 g/mol. The first kappa shape index (κ1) is 11.2. The molecule has 2 nitrogen and oxygen atoms in total. The van der Waals surface area contributed by atoms with Crippen molar-refractivity contribution in [2.45, 2.75) is 45.1 Å². The number of carbonyl (C=O) groups excluding carboxylic acids is 1. The van der Waals surface area contributed by atoms with Crippen molar-refractivity contribution in [3.8, 4) is 0 Å². The van der Waals surface area contributed by atoms with Crippen molar-refractivity contribution in [1.82, 2.24) is 5.32 Å². The average molecular weight is 217 g/mol. The maximum absolute atomic E-state index is 12.0. The molecule has 0 bridgehead atoms. The Balaban J connectivity index is 2.01. The lowest BCUT2D eigenvalue weighted by molar-refractivity contribution is 0.0938. The Morgan fingerprint density at radius 1 is 1.38 bits per heavy atom. The molecule has 0 spiro atoms. The molecule has 86 valence electrons. The molecule has 1 aromatic carbocycles. The van der Waals surface area contributed by atoms with E-state index in [9.17, 15) is 4.79 Å². The van der Waals surface area contributed by atoms with Crippen molar-refractivity contribution in [3.63, 3.8) is 0 Å². The van der Waals surface area contributed by atoms with Gasteiger partial charge in [0, 0.05) is 11.6 Å². The Morgan fingerprint density at radius 3 is 2.81 bits per heavy atom. The molecule has 16 heavy (non-hydrogen) atoms. The van der Waals surface area contributed by atoms with E-state index in [-0.39, 0.29) is 5.91 Å². The molecule has 2 rings (SSSR count). The highest BCUT2D eigenvalue weighted by Gasteiger charge is 2.17. The topological polar surface area (TPSA) is 29.1 Å². The van der Waals surface area contributed by atoms with E-state index in [1.54, 1.807) is 0 Å². The quantitative estimate of drug-likeness (QED) is 0.828. The molecule has 1 fully saturated rings. The monoisotopic (exact) mass is 217 g/mol. The zero-order valence-corrected chi connectivity index (χ0v) is 9.83. The summed E-state index contributed by atoms with van der Waals surface area (Å²) in [7, 11) is 0. The van der Waals surface area contributed by atoms with E-state index in [1.807, 2.05) is 18.2 Å². The van der Waals surface area contributed by atoms with Gasteiger partial charge in [-0.2, -0.15) is 0 Å². The molecule has 1 amide bonds. The maximum Gasteiger partial charge on any atom is 0.251 e. The number of rotatable bonds is 3. The van der Waals surface area contributed by atoms with Crippen LogP contribution in [-0.4, -0.2) is 11.9 Å². The van der Waals surface area contributed by atoms with Crippen LogP contribution in [-0.2, 0) is 6.42 Å². The van der Waals surface area contributed by atoms with Gasteiger partial charge in [-0.05, 0) is 37.0 Å². The summed E-state index contributed by atoms with van der Waals surface area (Å²) in [4.78, 5) is 12.0. The minimum Gasteiger partial charge on any atom is -0.349 e. The van der Waals surface area contributed by atoms with Gasteiger partial charge in [0.1, 0.15) is 0 Å². The summed E-state index contributed by atoms with van der Waals surface area (Å²) in [6.45, 7) is 2.11. The van der Waals surface area contributed by atoms with Gasteiger partial charge < -0.3 is 5.32 Å². The molecule has 0 atom stereocenters. The summed E-state index contributed by atoms with van der Waals surface area (Å²) in [5.41, 5.74) is 2.02. The van der Waals surface area contributed by atoms with E-state index in [0.29, 0.717) is 6.04 Å². The number of nitrogens with one attached hydrogen (secondary N) is 1. The molecule has 0 unspecified atom stereocenters. The Morgan fingerprint density at radius 2 is 2.12 bits per heavy atom. The molecule has 1 N–H and O–H groups in total. The van der Waals surface area contributed by atoms with E-state index in [1.165, 1.54) is 18.4 Å². The van der Waals surface area contributed by atoms with Crippen LogP contribution in [0.3, 0.4) is 0 Å². The largest absolute Gasteiger partial charge is 0.349 e. The van der Waals surface area contributed by atoms with Crippen molar-refractivity contribution in [2.24, 2.45) is 0 Å². The molecule has 0 aliphatic heterocycles. The highest BCUT2D eigenvalue weighted by Crippen LogP contribution is 2.18. The number of aryl methyl sites for hydroxylation is 1. The molecule has 2 heteroatoms. The Bertz CT molecular complexity index is 367. The minimum absolute atomic E-state index is 0.0854. The van der Waals surface area contributed by atoms with E-state index >= 15 is 0 Å². The summed E-state index contributed by atoms with van der Waals surface area (Å²) in [5.74, 6) is 0.0854. The first-order chi connectivity index (χ1) is 7.79. The average Bonchev–Trinajstić information content (AvgIpc) is 2.82. The fourth-order valence-corrected chi connectivity index (χ4v) is 2.27. The molecule has 1 aromatic rings. The van der Waals surface area contributed by atoms with Crippen molar-refractivity contribution in [1.29, 1.82) is 0 Å². The molecule has 1 aliphatic rings. The number of carbonyl (C=O) groups is 1. The molecule has 0 aromatic heterocycles. The standard InChI is InChI=1S/C14H19NO/c1-2-11-6-5-7-12(10-11)14(16)15-13-8-3-4-9-13/h5-7,10,13H,2-4,8-9H2,1H3,(H,15,16). The zero-order chi connectivity index (χ0) is 11.4. The molecule has 0 radical (unpaired) electrons. The third-order valence-corrected chi connectivity index (χ3v) is 3.29. The summed E-state index contributed by atoms with van der Waals surface area (Å²) in [6, 6.07) is 8.31. The van der Waals surface area contributed by atoms with Gasteiger partial charge in [0.15, 0.2) is 0 Å². The smallest absolute Gasteiger partial charge is 0.251 e. The van der Waals surface area contributed by atoms with E-state index in [4.69, 9.17) is 0 Å². The van der Waals surface area contributed by atoms with Crippen LogP contribution in [0.1, 0.15) is 48.5 Å². The second-order valence-corrected chi connectivity index (χ2v) is 4.51. The normalized spacial score (nSPS) is 16.3. The fraction of sp³-hybridized carbons (Fsp3) is 0.500. The summed E-state index contributed by atoms with van der Waals surface area (Å²) in [5, 5.41) is 3.11. The van der Waals surface area contributed by atoms with Gasteiger partial charge in [0.05, 0.1) is 0 Å². The van der Waals surface area contributed by atoms with Crippen LogP contribution in [0.25, 0.3) is 0 Å². The second-order valence-electron chi connectivity index (χ2n) is 4.51. The van der Waals surface area contributed by atoms with Crippen LogP contribution >= 0.6 is 0 Å². The molecule has 0 saturated heterocycles. The Hall–Kier alpha value is -1.31. The van der Waals surface area contributed by atoms with E-state index in [0.717, 1.165) is 24.8 Å². The van der Waals surface area contributed by atoms with Crippen molar-refractivity contribution in [3.05, 3.63) is 35.4 Å². The predicted octanol–water partition coefficient (Wildman–Crippen LogP) is 2.92. The Kier molecular flexibility index (Phi) is 3.60. The van der Waals surface area contributed by atoms with E-state index < -0.39 is 0 Å².